The van der Waals surface area contributed by atoms with Gasteiger partial charge in [-0.05, 0) is 42.8 Å². The van der Waals surface area contributed by atoms with E-state index in [2.05, 4.69) is 21.2 Å². The highest BCUT2D eigenvalue weighted by atomic mass is 79.9. The second-order valence-electron chi connectivity index (χ2n) is 4.20. The first kappa shape index (κ1) is 14.2. The van der Waals surface area contributed by atoms with Crippen molar-refractivity contribution < 1.29 is 9.50 Å². The van der Waals surface area contributed by atoms with Crippen molar-refractivity contribution in [3.8, 4) is 5.75 Å². The Morgan fingerprint density at radius 3 is 2.63 bits per heavy atom. The van der Waals surface area contributed by atoms with Crippen LogP contribution < -0.4 is 5.32 Å². The fourth-order valence-corrected chi connectivity index (χ4v) is 2.65. The molecule has 1 unspecified atom stereocenters. The zero-order valence-corrected chi connectivity index (χ0v) is 12.5. The molecule has 0 spiro atoms. The van der Waals surface area contributed by atoms with Gasteiger partial charge in [-0.1, -0.05) is 33.6 Å². The van der Waals surface area contributed by atoms with Crippen LogP contribution in [0.1, 0.15) is 18.5 Å². The predicted octanol–water partition coefficient (Wildman–Crippen LogP) is 5.12. The predicted molar refractivity (Wildman–Crippen MR) is 79.3 cm³/mol. The molecule has 0 heterocycles. The van der Waals surface area contributed by atoms with Crippen LogP contribution in [0.25, 0.3) is 0 Å². The summed E-state index contributed by atoms with van der Waals surface area (Å²) < 4.78 is 13.7. The number of rotatable bonds is 3. The Morgan fingerprint density at radius 2 is 2.00 bits per heavy atom. The molecule has 0 saturated heterocycles. The second-order valence-corrected chi connectivity index (χ2v) is 5.46. The molecule has 0 fully saturated rings. The maximum absolute atomic E-state index is 13.0. The van der Waals surface area contributed by atoms with Gasteiger partial charge in [0.05, 0.1) is 5.02 Å². The van der Waals surface area contributed by atoms with Gasteiger partial charge in [0, 0.05) is 16.2 Å². The fraction of sp³-hybridized carbons (Fsp3) is 0.143. The summed E-state index contributed by atoms with van der Waals surface area (Å²) in [5, 5.41) is 12.9. The Balaban J connectivity index is 2.20. The van der Waals surface area contributed by atoms with Gasteiger partial charge in [0.15, 0.2) is 0 Å². The lowest BCUT2D eigenvalue weighted by molar-refractivity contribution is 0.475. The molecule has 2 aromatic rings. The van der Waals surface area contributed by atoms with E-state index in [1.54, 1.807) is 18.2 Å². The number of benzene rings is 2. The lowest BCUT2D eigenvalue weighted by Crippen LogP contribution is -2.07. The average molecular weight is 345 g/mol. The number of halogens is 3. The molecule has 2 aromatic carbocycles. The molecule has 0 amide bonds. The molecule has 2 rings (SSSR count). The Labute approximate surface area is 124 Å². The maximum atomic E-state index is 13.0. The van der Waals surface area contributed by atoms with Crippen molar-refractivity contribution in [1.82, 2.24) is 0 Å². The molecule has 2 nitrogen and oxygen atoms in total. The van der Waals surface area contributed by atoms with Crippen molar-refractivity contribution >= 4 is 33.2 Å². The molecule has 100 valence electrons. The summed E-state index contributed by atoms with van der Waals surface area (Å²) in [7, 11) is 0. The topological polar surface area (TPSA) is 32.3 Å². The molecule has 0 saturated carbocycles. The van der Waals surface area contributed by atoms with E-state index in [-0.39, 0.29) is 22.6 Å². The Hall–Kier alpha value is -1.26. The first-order valence-electron chi connectivity index (χ1n) is 5.67. The van der Waals surface area contributed by atoms with Crippen molar-refractivity contribution in [2.24, 2.45) is 0 Å². The van der Waals surface area contributed by atoms with E-state index in [0.717, 1.165) is 11.3 Å². The Bertz CT molecular complexity index is 606. The summed E-state index contributed by atoms with van der Waals surface area (Å²) in [6.45, 7) is 1.96. The number of nitrogens with one attached hydrogen (secondary N) is 1. The second kappa shape index (κ2) is 5.80. The number of phenolic OH excluding ortho intramolecular Hbond substituents is 1. The van der Waals surface area contributed by atoms with Gasteiger partial charge >= 0.3 is 0 Å². The molecule has 5 heteroatoms. The third-order valence-electron chi connectivity index (χ3n) is 2.76. The Morgan fingerprint density at radius 1 is 1.26 bits per heavy atom. The molecule has 0 radical (unpaired) electrons. The van der Waals surface area contributed by atoms with Crippen LogP contribution >= 0.6 is 27.5 Å². The highest BCUT2D eigenvalue weighted by Crippen LogP contribution is 2.30. The van der Waals surface area contributed by atoms with Crippen LogP contribution in [0.4, 0.5) is 10.1 Å². The summed E-state index contributed by atoms with van der Waals surface area (Å²) in [6.07, 6.45) is 0. The van der Waals surface area contributed by atoms with Gasteiger partial charge in [-0.2, -0.15) is 0 Å². The molecule has 0 bridgehead atoms. The van der Waals surface area contributed by atoms with Gasteiger partial charge in [0.2, 0.25) is 0 Å². The number of phenols is 1. The van der Waals surface area contributed by atoms with Crippen molar-refractivity contribution in [3.63, 3.8) is 0 Å². The minimum atomic E-state index is -0.282. The Kier molecular flexibility index (Phi) is 4.32. The quantitative estimate of drug-likeness (QED) is 0.757. The maximum Gasteiger partial charge on any atom is 0.134 e. The molecule has 2 N–H and O–H groups in total. The lowest BCUT2D eigenvalue weighted by atomic mass is 10.1. The van der Waals surface area contributed by atoms with Gasteiger partial charge in [0.1, 0.15) is 11.6 Å². The van der Waals surface area contributed by atoms with Gasteiger partial charge in [-0.15, -0.1) is 0 Å². The first-order chi connectivity index (χ1) is 8.97. The van der Waals surface area contributed by atoms with E-state index >= 15 is 0 Å². The molecule has 0 aliphatic heterocycles. The van der Waals surface area contributed by atoms with E-state index in [4.69, 9.17) is 11.6 Å². The SMILES string of the molecule is CC(Nc1ccc(O)c(Cl)c1)c1ccc(F)cc1Br. The number of anilines is 1. The highest BCUT2D eigenvalue weighted by molar-refractivity contribution is 9.10. The van der Waals surface area contributed by atoms with Crippen molar-refractivity contribution in [2.75, 3.05) is 5.32 Å². The highest BCUT2D eigenvalue weighted by Gasteiger charge is 2.10. The van der Waals surface area contributed by atoms with Crippen LogP contribution in [0.2, 0.25) is 5.02 Å². The third kappa shape index (κ3) is 3.39. The normalized spacial score (nSPS) is 12.2. The molecule has 0 aliphatic rings. The minimum Gasteiger partial charge on any atom is -0.506 e. The summed E-state index contributed by atoms with van der Waals surface area (Å²) in [5.41, 5.74) is 1.72. The van der Waals surface area contributed by atoms with Gasteiger partial charge in [-0.25, -0.2) is 4.39 Å². The van der Waals surface area contributed by atoms with E-state index in [1.807, 2.05) is 6.92 Å². The van der Waals surface area contributed by atoms with Crippen LogP contribution in [0.15, 0.2) is 40.9 Å². The van der Waals surface area contributed by atoms with Crippen LogP contribution in [0, 0.1) is 5.82 Å². The van der Waals surface area contributed by atoms with Crippen LogP contribution in [0.5, 0.6) is 5.75 Å². The summed E-state index contributed by atoms with van der Waals surface area (Å²) in [4.78, 5) is 0. The smallest absolute Gasteiger partial charge is 0.134 e. The zero-order valence-electron chi connectivity index (χ0n) is 10.1. The molecule has 0 aromatic heterocycles. The third-order valence-corrected chi connectivity index (χ3v) is 3.75. The van der Waals surface area contributed by atoms with Crippen molar-refractivity contribution in [3.05, 3.63) is 57.3 Å². The monoisotopic (exact) mass is 343 g/mol. The molecule has 1 atom stereocenters. The number of aromatic hydroxyl groups is 1. The molecular formula is C14H12BrClFNO. The van der Waals surface area contributed by atoms with E-state index in [1.165, 1.54) is 18.2 Å². The van der Waals surface area contributed by atoms with Crippen LogP contribution in [0.3, 0.4) is 0 Å². The largest absolute Gasteiger partial charge is 0.506 e. The zero-order chi connectivity index (χ0) is 14.0. The van der Waals surface area contributed by atoms with Crippen LogP contribution in [-0.4, -0.2) is 5.11 Å². The van der Waals surface area contributed by atoms with Crippen molar-refractivity contribution in [1.29, 1.82) is 0 Å². The van der Waals surface area contributed by atoms with Gasteiger partial charge in [-0.3, -0.25) is 0 Å². The fourth-order valence-electron chi connectivity index (χ4n) is 1.78. The van der Waals surface area contributed by atoms with Crippen LogP contribution in [-0.2, 0) is 0 Å². The van der Waals surface area contributed by atoms with Crippen molar-refractivity contribution in [2.45, 2.75) is 13.0 Å². The molecular weight excluding hydrogens is 333 g/mol. The first-order valence-corrected chi connectivity index (χ1v) is 6.84. The number of hydrogen-bond donors (Lipinski definition) is 2. The molecule has 19 heavy (non-hydrogen) atoms. The summed E-state index contributed by atoms with van der Waals surface area (Å²) in [6, 6.07) is 9.44. The van der Waals surface area contributed by atoms with Gasteiger partial charge < -0.3 is 10.4 Å². The average Bonchev–Trinajstić information content (AvgIpc) is 2.33. The lowest BCUT2D eigenvalue weighted by Gasteiger charge is -2.17. The molecule has 0 aliphatic carbocycles. The minimum absolute atomic E-state index is 0.0319. The van der Waals surface area contributed by atoms with E-state index < -0.39 is 0 Å². The number of hydrogen-bond acceptors (Lipinski definition) is 2. The van der Waals surface area contributed by atoms with Gasteiger partial charge in [0.25, 0.3) is 0 Å². The standard InChI is InChI=1S/C14H12BrClFNO/c1-8(11-4-2-9(17)6-12(11)15)18-10-3-5-14(19)13(16)7-10/h2-8,18-19H,1H3. The van der Waals surface area contributed by atoms with E-state index in [9.17, 15) is 9.50 Å². The summed E-state index contributed by atoms with van der Waals surface area (Å²) in [5.74, 6) is -0.238. The van der Waals surface area contributed by atoms with E-state index in [0.29, 0.717) is 4.47 Å². The summed E-state index contributed by atoms with van der Waals surface area (Å²) >= 11 is 9.19.